The third-order valence-corrected chi connectivity index (χ3v) is 3.05. The molecule has 74 valence electrons. The Bertz CT molecular complexity index is 421. The van der Waals surface area contributed by atoms with Crippen molar-refractivity contribution in [1.82, 2.24) is 14.9 Å². The van der Waals surface area contributed by atoms with Crippen LogP contribution in [0.5, 0.6) is 0 Å². The molecular formula is C7H8BrN5O. The smallest absolute Gasteiger partial charge is 0.252 e. The molecule has 0 saturated heterocycles. The number of fused-ring (bicyclic) bond motifs is 1. The van der Waals surface area contributed by atoms with Crippen LogP contribution in [0, 0.1) is 0 Å². The van der Waals surface area contributed by atoms with E-state index in [1.807, 2.05) is 0 Å². The summed E-state index contributed by atoms with van der Waals surface area (Å²) in [4.78, 5) is 11.7. The van der Waals surface area contributed by atoms with Gasteiger partial charge in [-0.15, -0.1) is 10.2 Å². The molecule has 1 aliphatic heterocycles. The zero-order valence-electron chi connectivity index (χ0n) is 7.65. The van der Waals surface area contributed by atoms with Gasteiger partial charge in [0.1, 0.15) is 10.7 Å². The third kappa shape index (κ3) is 1.24. The van der Waals surface area contributed by atoms with E-state index in [2.05, 4.69) is 36.5 Å². The molecule has 0 fully saturated rings. The molecule has 0 bridgehead atoms. The number of aromatic nitrogens is 3. The van der Waals surface area contributed by atoms with Crippen LogP contribution in [0.25, 0.3) is 0 Å². The number of carbonyl (C=O) groups excluding carboxylic acids is 1. The summed E-state index contributed by atoms with van der Waals surface area (Å²) in [7, 11) is 0. The first-order chi connectivity index (χ1) is 6.51. The van der Waals surface area contributed by atoms with Crippen LogP contribution in [0.2, 0.25) is 0 Å². The highest BCUT2D eigenvalue weighted by atomic mass is 79.9. The lowest BCUT2D eigenvalue weighted by atomic mass is 10.1. The molecule has 0 saturated carbocycles. The van der Waals surface area contributed by atoms with Gasteiger partial charge >= 0.3 is 0 Å². The van der Waals surface area contributed by atoms with Crippen LogP contribution in [0.3, 0.4) is 0 Å². The van der Waals surface area contributed by atoms with E-state index in [4.69, 9.17) is 0 Å². The lowest BCUT2D eigenvalue weighted by Crippen LogP contribution is -2.39. The monoisotopic (exact) mass is 257 g/mol. The summed E-state index contributed by atoms with van der Waals surface area (Å²) in [6.45, 7) is 3.50. The summed E-state index contributed by atoms with van der Waals surface area (Å²) in [5.74, 6) is 0.128. The molecule has 0 spiro atoms. The first-order valence-electron chi connectivity index (χ1n) is 3.98. The summed E-state index contributed by atoms with van der Waals surface area (Å²) >= 11 is 3.31. The summed E-state index contributed by atoms with van der Waals surface area (Å²) in [5, 5.41) is 14.2. The molecule has 0 radical (unpaired) electrons. The van der Waals surface area contributed by atoms with Gasteiger partial charge in [-0.3, -0.25) is 10.1 Å². The lowest BCUT2D eigenvalue weighted by Gasteiger charge is -2.17. The minimum atomic E-state index is -0.798. The van der Waals surface area contributed by atoms with Gasteiger partial charge in [-0.25, -0.2) is 0 Å². The fourth-order valence-electron chi connectivity index (χ4n) is 1.02. The predicted molar refractivity (Wildman–Crippen MR) is 54.5 cm³/mol. The fraction of sp³-hybridized carbons (Fsp3) is 0.429. The summed E-state index contributed by atoms with van der Waals surface area (Å²) in [6.07, 6.45) is 1.44. The van der Waals surface area contributed by atoms with E-state index >= 15 is 0 Å². The van der Waals surface area contributed by atoms with Gasteiger partial charge in [0.25, 0.3) is 5.95 Å². The highest BCUT2D eigenvalue weighted by Gasteiger charge is 2.36. The number of alkyl halides is 1. The van der Waals surface area contributed by atoms with Gasteiger partial charge in [0, 0.05) is 0 Å². The van der Waals surface area contributed by atoms with E-state index in [9.17, 15) is 4.79 Å². The molecule has 1 N–H and O–H groups in total. The standard InChI is InChI=1S/C7H8BrN5O/c1-4-7(2,8)5(14)10-6-11-9-3-13(6)12-4/h3H,1-2H3,(H,10,11,14). The highest BCUT2D eigenvalue weighted by Crippen LogP contribution is 2.24. The topological polar surface area (TPSA) is 72.2 Å². The van der Waals surface area contributed by atoms with Crippen LogP contribution >= 0.6 is 15.9 Å². The second-order valence-electron chi connectivity index (χ2n) is 3.14. The quantitative estimate of drug-likeness (QED) is 0.693. The molecule has 1 atom stereocenters. The van der Waals surface area contributed by atoms with Crippen molar-refractivity contribution in [3.63, 3.8) is 0 Å². The van der Waals surface area contributed by atoms with Gasteiger partial charge in [-0.1, -0.05) is 15.9 Å². The Kier molecular flexibility index (Phi) is 1.91. The van der Waals surface area contributed by atoms with Crippen LogP contribution in [0.1, 0.15) is 13.8 Å². The van der Waals surface area contributed by atoms with E-state index < -0.39 is 4.32 Å². The number of rotatable bonds is 0. The van der Waals surface area contributed by atoms with Gasteiger partial charge < -0.3 is 0 Å². The summed E-state index contributed by atoms with van der Waals surface area (Å²) < 4.78 is 0.632. The van der Waals surface area contributed by atoms with Gasteiger partial charge in [0.05, 0.1) is 5.71 Å². The Labute approximate surface area is 88.5 Å². The molecule has 0 aliphatic carbocycles. The molecular weight excluding hydrogens is 250 g/mol. The second kappa shape index (κ2) is 2.88. The number of halogens is 1. The SMILES string of the molecule is CC1=Nn2cnnc2NC(=O)C1(C)Br. The Morgan fingerprint density at radius 1 is 1.64 bits per heavy atom. The molecule has 7 heteroatoms. The van der Waals surface area contributed by atoms with Crippen molar-refractivity contribution in [3.05, 3.63) is 6.33 Å². The van der Waals surface area contributed by atoms with E-state index in [1.54, 1.807) is 13.8 Å². The van der Waals surface area contributed by atoms with Crippen LogP contribution in [-0.4, -0.2) is 30.8 Å². The van der Waals surface area contributed by atoms with Crippen molar-refractivity contribution in [2.24, 2.45) is 5.10 Å². The van der Waals surface area contributed by atoms with Crippen molar-refractivity contribution in [3.8, 4) is 0 Å². The second-order valence-corrected chi connectivity index (χ2v) is 4.73. The molecule has 6 nitrogen and oxygen atoms in total. The summed E-state index contributed by atoms with van der Waals surface area (Å²) in [6, 6.07) is 0. The lowest BCUT2D eigenvalue weighted by molar-refractivity contribution is -0.116. The molecule has 0 aromatic carbocycles. The Morgan fingerprint density at radius 2 is 2.36 bits per heavy atom. The molecule has 14 heavy (non-hydrogen) atoms. The molecule has 1 aromatic rings. The minimum absolute atomic E-state index is 0.203. The van der Waals surface area contributed by atoms with Crippen molar-refractivity contribution >= 4 is 33.5 Å². The van der Waals surface area contributed by atoms with Crippen molar-refractivity contribution in [1.29, 1.82) is 0 Å². The van der Waals surface area contributed by atoms with Crippen molar-refractivity contribution in [2.75, 3.05) is 5.32 Å². The Hall–Kier alpha value is -1.24. The largest absolute Gasteiger partial charge is 0.292 e. The normalized spacial score (nSPS) is 26.2. The van der Waals surface area contributed by atoms with Crippen LogP contribution in [-0.2, 0) is 4.79 Å². The van der Waals surface area contributed by atoms with E-state index in [0.717, 1.165) is 0 Å². The number of anilines is 1. The number of carbonyl (C=O) groups is 1. The van der Waals surface area contributed by atoms with Gasteiger partial charge in [0.15, 0.2) is 0 Å². The minimum Gasteiger partial charge on any atom is -0.292 e. The average Bonchev–Trinajstić information content (AvgIpc) is 2.49. The maximum absolute atomic E-state index is 11.7. The van der Waals surface area contributed by atoms with E-state index in [1.165, 1.54) is 11.0 Å². The number of hydrogen-bond acceptors (Lipinski definition) is 4. The number of nitrogens with one attached hydrogen (secondary N) is 1. The molecule has 1 unspecified atom stereocenters. The third-order valence-electron chi connectivity index (χ3n) is 2.12. The average molecular weight is 258 g/mol. The number of hydrogen-bond donors (Lipinski definition) is 1. The Morgan fingerprint density at radius 3 is 3.07 bits per heavy atom. The molecule has 1 aromatic heterocycles. The Balaban J connectivity index is 2.56. The van der Waals surface area contributed by atoms with Crippen LogP contribution in [0.4, 0.5) is 5.95 Å². The molecule has 1 amide bonds. The van der Waals surface area contributed by atoms with Crippen LogP contribution in [0.15, 0.2) is 11.4 Å². The van der Waals surface area contributed by atoms with Gasteiger partial charge in [0.2, 0.25) is 5.91 Å². The zero-order chi connectivity index (χ0) is 10.3. The van der Waals surface area contributed by atoms with Crippen molar-refractivity contribution in [2.45, 2.75) is 18.2 Å². The first-order valence-corrected chi connectivity index (χ1v) is 4.77. The fourth-order valence-corrected chi connectivity index (χ4v) is 1.20. The summed E-state index contributed by atoms with van der Waals surface area (Å²) in [5.41, 5.74) is 0.647. The molecule has 2 heterocycles. The zero-order valence-corrected chi connectivity index (χ0v) is 9.24. The maximum atomic E-state index is 11.7. The van der Waals surface area contributed by atoms with Crippen LogP contribution < -0.4 is 5.32 Å². The van der Waals surface area contributed by atoms with Gasteiger partial charge in [-0.2, -0.15) is 9.78 Å². The van der Waals surface area contributed by atoms with E-state index in [0.29, 0.717) is 11.7 Å². The molecule has 2 rings (SSSR count). The molecule has 1 aliphatic rings. The first kappa shape index (κ1) is 9.32. The van der Waals surface area contributed by atoms with Crippen molar-refractivity contribution < 1.29 is 4.79 Å². The number of amides is 1. The highest BCUT2D eigenvalue weighted by molar-refractivity contribution is 9.10. The number of nitrogens with zero attached hydrogens (tertiary/aromatic N) is 4. The predicted octanol–water partition coefficient (Wildman–Crippen LogP) is 0.608. The van der Waals surface area contributed by atoms with Gasteiger partial charge in [-0.05, 0) is 13.8 Å². The maximum Gasteiger partial charge on any atom is 0.252 e. The van der Waals surface area contributed by atoms with E-state index in [-0.39, 0.29) is 5.91 Å².